The Morgan fingerprint density at radius 3 is 2.43 bits per heavy atom. The van der Waals surface area contributed by atoms with Gasteiger partial charge in [0.2, 0.25) is 5.91 Å². The van der Waals surface area contributed by atoms with Gasteiger partial charge in [-0.2, -0.15) is 18.2 Å². The number of nitrogens with zero attached hydrogens (tertiary/aromatic N) is 5. The van der Waals surface area contributed by atoms with Gasteiger partial charge in [0.05, 0.1) is 33.4 Å². The summed E-state index contributed by atoms with van der Waals surface area (Å²) in [5, 5.41) is 6.54. The van der Waals surface area contributed by atoms with Crippen LogP contribution >= 0.6 is 23.4 Å². The number of benzene rings is 3. The number of anilines is 2. The minimum Gasteiger partial charge on any atom is -0.406 e. The van der Waals surface area contributed by atoms with E-state index in [2.05, 4.69) is 25.1 Å². The lowest BCUT2D eigenvalue weighted by Gasteiger charge is -2.21. The molecule has 228 valence electrons. The molecule has 3 amide bonds. The number of aryl methyl sites for hydroxylation is 1. The Bertz CT molecular complexity index is 1780. The fourth-order valence-corrected chi connectivity index (χ4v) is 5.14. The van der Waals surface area contributed by atoms with E-state index in [0.29, 0.717) is 16.8 Å². The molecule has 1 fully saturated rings. The lowest BCUT2D eigenvalue weighted by molar-refractivity contribution is -0.274. The summed E-state index contributed by atoms with van der Waals surface area (Å²) in [5.74, 6) is -1.07. The van der Waals surface area contributed by atoms with Gasteiger partial charge in [-0.3, -0.25) is 9.69 Å². The largest absolute Gasteiger partial charge is 0.573 e. The van der Waals surface area contributed by atoms with Crippen molar-refractivity contribution < 1.29 is 40.7 Å². The zero-order valence-corrected chi connectivity index (χ0v) is 23.6. The molecule has 1 saturated heterocycles. The highest BCUT2D eigenvalue weighted by atomic mass is 35.5. The maximum atomic E-state index is 13.7. The van der Waals surface area contributed by atoms with Crippen molar-refractivity contribution in [1.29, 1.82) is 0 Å². The lowest BCUT2D eigenvalue weighted by Crippen LogP contribution is -2.32. The fraction of sp³-hybridized carbons (Fsp3) is 0.148. The standard InChI is InChI=1S/C27H17ClF6N6O3S/c1-14-2-8-18(26(29,30)31)21(10-14)40-22(41)12-44-25(40)37-24(42)36-20-9-3-15(11-19(20)28)23-35-13-39(38-23)16-4-6-17(7-5-16)43-27(32,33)34/h2-11,13H,12H2,1H3,(H,36,42). The van der Waals surface area contributed by atoms with E-state index in [1.165, 1.54) is 53.5 Å². The lowest BCUT2D eigenvalue weighted by atomic mass is 10.1. The first kappa shape index (κ1) is 30.9. The predicted molar refractivity (Wildman–Crippen MR) is 151 cm³/mol. The highest BCUT2D eigenvalue weighted by Gasteiger charge is 2.40. The summed E-state index contributed by atoms with van der Waals surface area (Å²) in [6, 6.07) is 11.7. The van der Waals surface area contributed by atoms with Gasteiger partial charge in [-0.05, 0) is 67.1 Å². The van der Waals surface area contributed by atoms with Crippen LogP contribution in [0.3, 0.4) is 0 Å². The van der Waals surface area contributed by atoms with Gasteiger partial charge < -0.3 is 10.1 Å². The molecular weight excluding hydrogens is 638 g/mol. The van der Waals surface area contributed by atoms with Crippen molar-refractivity contribution >= 4 is 51.8 Å². The van der Waals surface area contributed by atoms with Crippen molar-refractivity contribution in [2.75, 3.05) is 16.0 Å². The topological polar surface area (TPSA) is 102 Å². The highest BCUT2D eigenvalue weighted by molar-refractivity contribution is 8.15. The third-order valence-electron chi connectivity index (χ3n) is 5.96. The molecule has 1 N–H and O–H groups in total. The van der Waals surface area contributed by atoms with Gasteiger partial charge in [-0.25, -0.2) is 14.5 Å². The molecule has 9 nitrogen and oxygen atoms in total. The Labute approximate surface area is 253 Å². The molecule has 0 spiro atoms. The first-order valence-corrected chi connectivity index (χ1v) is 13.7. The number of carbonyl (C=O) groups is 2. The number of halogens is 7. The maximum Gasteiger partial charge on any atom is 0.573 e. The van der Waals surface area contributed by atoms with Gasteiger partial charge >= 0.3 is 18.6 Å². The van der Waals surface area contributed by atoms with Gasteiger partial charge in [0, 0.05) is 5.56 Å². The van der Waals surface area contributed by atoms with Gasteiger partial charge in [0.25, 0.3) is 0 Å². The number of ether oxygens (including phenoxy) is 1. The number of thioether (sulfide) groups is 1. The first-order chi connectivity index (χ1) is 20.7. The normalized spacial score (nSPS) is 14.8. The number of hydrogen-bond acceptors (Lipinski definition) is 6. The number of aromatic nitrogens is 3. The molecule has 4 aromatic rings. The first-order valence-electron chi connectivity index (χ1n) is 12.3. The van der Waals surface area contributed by atoms with Crippen LogP contribution in [0.25, 0.3) is 17.1 Å². The molecule has 0 atom stereocenters. The molecule has 1 aromatic heterocycles. The smallest absolute Gasteiger partial charge is 0.406 e. The zero-order valence-electron chi connectivity index (χ0n) is 22.1. The van der Waals surface area contributed by atoms with Crippen LogP contribution in [-0.2, 0) is 11.0 Å². The molecule has 3 aromatic carbocycles. The average molecular weight is 655 g/mol. The van der Waals surface area contributed by atoms with Crippen molar-refractivity contribution in [3.63, 3.8) is 0 Å². The molecule has 0 bridgehead atoms. The van der Waals surface area contributed by atoms with Crippen molar-refractivity contribution in [1.82, 2.24) is 14.8 Å². The number of alkyl halides is 6. The molecule has 5 rings (SSSR count). The third-order valence-corrected chi connectivity index (χ3v) is 7.19. The summed E-state index contributed by atoms with van der Waals surface area (Å²) < 4.78 is 83.3. The molecule has 17 heteroatoms. The van der Waals surface area contributed by atoms with E-state index in [1.54, 1.807) is 6.92 Å². The second-order valence-corrected chi connectivity index (χ2v) is 10.5. The summed E-state index contributed by atoms with van der Waals surface area (Å²) in [6.45, 7) is 1.57. The third kappa shape index (κ3) is 6.97. The fourth-order valence-electron chi connectivity index (χ4n) is 4.05. The number of carbonyl (C=O) groups excluding carboxylic acids is 2. The molecule has 0 radical (unpaired) electrons. The summed E-state index contributed by atoms with van der Waals surface area (Å²) in [5.41, 5.74) is -0.0683. The second kappa shape index (κ2) is 11.8. The van der Waals surface area contributed by atoms with Gasteiger partial charge in [0.1, 0.15) is 12.1 Å². The van der Waals surface area contributed by atoms with Crippen molar-refractivity contribution in [2.24, 2.45) is 4.99 Å². The zero-order chi connectivity index (χ0) is 31.8. The summed E-state index contributed by atoms with van der Waals surface area (Å²) in [6.07, 6.45) is -8.24. The highest BCUT2D eigenvalue weighted by Crippen LogP contribution is 2.40. The Kier molecular flexibility index (Phi) is 8.31. The Morgan fingerprint density at radius 1 is 1.05 bits per heavy atom. The van der Waals surface area contributed by atoms with Gasteiger partial charge in [0.15, 0.2) is 11.0 Å². The van der Waals surface area contributed by atoms with Crippen molar-refractivity contribution in [2.45, 2.75) is 19.5 Å². The van der Waals surface area contributed by atoms with Crippen LogP contribution in [0.1, 0.15) is 11.1 Å². The molecule has 0 aliphatic carbocycles. The Morgan fingerprint density at radius 2 is 1.77 bits per heavy atom. The molecule has 1 aliphatic heterocycles. The number of rotatable bonds is 5. The van der Waals surface area contributed by atoms with Crippen molar-refractivity contribution in [3.05, 3.63) is 83.1 Å². The number of urea groups is 1. The number of aliphatic imine (C=N–C) groups is 1. The number of nitrogens with one attached hydrogen (secondary N) is 1. The SMILES string of the molecule is Cc1ccc(C(F)(F)F)c(N2C(=O)CSC2=NC(=O)Nc2ccc(-c3ncn(-c4ccc(OC(F)(F)F)cc4)n3)cc2Cl)c1. The minimum atomic E-state index is -4.82. The average Bonchev–Trinajstić information content (AvgIpc) is 3.56. The summed E-state index contributed by atoms with van der Waals surface area (Å²) >= 11 is 7.16. The van der Waals surface area contributed by atoms with E-state index in [-0.39, 0.29) is 27.5 Å². The van der Waals surface area contributed by atoms with Crippen LogP contribution in [-0.4, -0.2) is 44.0 Å². The number of amides is 3. The molecule has 2 heterocycles. The second-order valence-electron chi connectivity index (χ2n) is 9.11. The van der Waals surface area contributed by atoms with E-state index in [0.717, 1.165) is 34.9 Å². The van der Waals surface area contributed by atoms with Crippen molar-refractivity contribution in [3.8, 4) is 22.8 Å². The van der Waals surface area contributed by atoms with E-state index in [9.17, 15) is 35.9 Å². The Balaban J connectivity index is 1.32. The van der Waals surface area contributed by atoms with Crippen LogP contribution in [0.4, 0.5) is 42.5 Å². The molecular formula is C27H17ClF6N6O3S. The van der Waals surface area contributed by atoms with Gasteiger partial charge in [-0.1, -0.05) is 29.4 Å². The number of amidine groups is 1. The maximum absolute atomic E-state index is 13.7. The van der Waals surface area contributed by atoms with Crippen LogP contribution in [0, 0.1) is 6.92 Å². The van der Waals surface area contributed by atoms with Crippen LogP contribution < -0.4 is 15.0 Å². The minimum absolute atomic E-state index is 0.0473. The van der Waals surface area contributed by atoms with Gasteiger partial charge in [-0.15, -0.1) is 18.3 Å². The van der Waals surface area contributed by atoms with E-state index < -0.39 is 41.5 Å². The Hall–Kier alpha value is -4.57. The molecule has 0 unspecified atom stereocenters. The predicted octanol–water partition coefficient (Wildman–Crippen LogP) is 7.48. The molecule has 44 heavy (non-hydrogen) atoms. The van der Waals surface area contributed by atoms with Crippen LogP contribution in [0.5, 0.6) is 5.75 Å². The van der Waals surface area contributed by atoms with E-state index >= 15 is 0 Å². The quantitative estimate of drug-likeness (QED) is 0.224. The number of hydrogen-bond donors (Lipinski definition) is 1. The summed E-state index contributed by atoms with van der Waals surface area (Å²) in [7, 11) is 0. The molecule has 0 saturated carbocycles. The van der Waals surface area contributed by atoms with E-state index in [1.807, 2.05) is 0 Å². The van der Waals surface area contributed by atoms with Crippen LogP contribution in [0.2, 0.25) is 5.02 Å². The summed E-state index contributed by atoms with van der Waals surface area (Å²) in [4.78, 5) is 34.0. The molecule has 1 aliphatic rings. The van der Waals surface area contributed by atoms with Crippen LogP contribution in [0.15, 0.2) is 72.0 Å². The van der Waals surface area contributed by atoms with E-state index in [4.69, 9.17) is 11.6 Å². The monoisotopic (exact) mass is 654 g/mol.